The zero-order chi connectivity index (χ0) is 19.3. The predicted octanol–water partition coefficient (Wildman–Crippen LogP) is -1.07. The molecule has 2 aromatic rings. The van der Waals surface area contributed by atoms with Gasteiger partial charge in [0, 0.05) is 0 Å². The number of esters is 1. The summed E-state index contributed by atoms with van der Waals surface area (Å²) < 4.78 is 20.5. The Morgan fingerprint density at radius 1 is 1.69 bits per heavy atom. The van der Waals surface area contributed by atoms with E-state index in [1.807, 2.05) is 6.07 Å². The Morgan fingerprint density at radius 2 is 2.46 bits per heavy atom. The van der Waals surface area contributed by atoms with Crippen LogP contribution in [0.1, 0.15) is 19.9 Å². The van der Waals surface area contributed by atoms with E-state index in [1.165, 1.54) is 16.9 Å². The van der Waals surface area contributed by atoms with Crippen LogP contribution in [-0.4, -0.2) is 55.7 Å². The first-order valence-electron chi connectivity index (χ1n) is 8.62. The minimum absolute atomic E-state index is 0.0736. The fourth-order valence-electron chi connectivity index (χ4n) is 3.18. The van der Waals surface area contributed by atoms with Crippen molar-refractivity contribution in [1.82, 2.24) is 14.6 Å². The molecule has 3 heterocycles. The number of fused-ring (bicyclic) bond motifs is 1. The van der Waals surface area contributed by atoms with Gasteiger partial charge in [0.2, 0.25) is 5.60 Å². The third-order valence-electron chi connectivity index (χ3n) is 4.72. The zero-order valence-corrected chi connectivity index (χ0v) is 13.5. The first kappa shape index (κ1) is 15.5. The van der Waals surface area contributed by atoms with Gasteiger partial charge in [0.05, 0.1) is 19.6 Å². The molecule has 4 atom stereocenters. The monoisotopic (exact) mass is 360 g/mol. The molecule has 1 saturated carbocycles. The number of nitriles is 1. The van der Waals surface area contributed by atoms with E-state index < -0.39 is 36.5 Å². The standard InChI is InChI=1S/C16H17N5O5/c17-6-16(11-4-3-9-14(18)19-7-20-21(9)11)13(12(23)10(5-22)26-16)25-15(24)8-1-2-8/h3-4,7-8,10,12-13,22-23H,1-2,5H2,(H2,18,19,20)/t10-,12-,13-,16+/m1/s1/i3D. The van der Waals surface area contributed by atoms with Crippen molar-refractivity contribution < 1.29 is 25.9 Å². The van der Waals surface area contributed by atoms with Crippen molar-refractivity contribution in [2.24, 2.45) is 5.92 Å². The predicted molar refractivity (Wildman–Crippen MR) is 83.3 cm³/mol. The summed E-state index contributed by atoms with van der Waals surface area (Å²) in [4.78, 5) is 16.0. The molecule has 0 aromatic carbocycles. The average molecular weight is 360 g/mol. The average Bonchev–Trinajstić information content (AvgIpc) is 3.40. The number of nitrogens with zero attached hydrogens (tertiary/aromatic N) is 3. The van der Waals surface area contributed by atoms with Gasteiger partial charge in [0.25, 0.3) is 0 Å². The summed E-state index contributed by atoms with van der Waals surface area (Å²) >= 11 is 0. The van der Waals surface area contributed by atoms with Crippen LogP contribution in [0, 0.1) is 22.7 Å². The molecule has 2 fully saturated rings. The highest BCUT2D eigenvalue weighted by Crippen LogP contribution is 2.43. The number of H-pyrrole nitrogens is 1. The maximum absolute atomic E-state index is 12.2. The molecule has 0 radical (unpaired) electrons. The molecule has 0 amide bonds. The maximum atomic E-state index is 12.2. The molecule has 0 bridgehead atoms. The SMILES string of the molecule is [2H]c1cc([C@]2(C#N)O[C@H](CO)[C@@H](O)[C@H]2OC(=O)C2CC2)n2[nH]cnc(=N)c12. The van der Waals surface area contributed by atoms with E-state index >= 15 is 0 Å². The quantitative estimate of drug-likeness (QED) is 0.506. The van der Waals surface area contributed by atoms with E-state index in [1.54, 1.807) is 0 Å². The first-order valence-corrected chi connectivity index (χ1v) is 8.12. The lowest BCUT2D eigenvalue weighted by atomic mass is 9.92. The van der Waals surface area contributed by atoms with Gasteiger partial charge >= 0.3 is 5.97 Å². The van der Waals surface area contributed by atoms with Gasteiger partial charge in [-0.3, -0.25) is 19.8 Å². The van der Waals surface area contributed by atoms with Crippen LogP contribution < -0.4 is 5.49 Å². The molecule has 4 N–H and O–H groups in total. The Morgan fingerprint density at radius 3 is 3.12 bits per heavy atom. The van der Waals surface area contributed by atoms with Crippen LogP contribution in [0.25, 0.3) is 5.52 Å². The molecule has 10 nitrogen and oxygen atoms in total. The minimum Gasteiger partial charge on any atom is -0.455 e. The van der Waals surface area contributed by atoms with Crippen LogP contribution in [0.5, 0.6) is 0 Å². The number of carbonyl (C=O) groups excluding carboxylic acids is 1. The summed E-state index contributed by atoms with van der Waals surface area (Å²) in [6, 6.07) is 3.15. The van der Waals surface area contributed by atoms with Crippen molar-refractivity contribution in [2.75, 3.05) is 6.61 Å². The number of carbonyl (C=O) groups is 1. The molecule has 26 heavy (non-hydrogen) atoms. The van der Waals surface area contributed by atoms with Crippen LogP contribution in [0.2, 0.25) is 0 Å². The number of aromatic nitrogens is 3. The van der Waals surface area contributed by atoms with Gasteiger partial charge in [0.15, 0.2) is 11.6 Å². The smallest absolute Gasteiger partial charge is 0.309 e. The Labute approximate surface area is 148 Å². The number of aliphatic hydroxyl groups excluding tert-OH is 2. The van der Waals surface area contributed by atoms with Gasteiger partial charge in [-0.1, -0.05) is 0 Å². The van der Waals surface area contributed by atoms with E-state index in [0.717, 1.165) is 0 Å². The molecule has 1 aliphatic heterocycles. The van der Waals surface area contributed by atoms with Crippen molar-refractivity contribution in [3.63, 3.8) is 0 Å². The Kier molecular flexibility index (Phi) is 3.53. The van der Waals surface area contributed by atoms with E-state index in [0.29, 0.717) is 12.8 Å². The van der Waals surface area contributed by atoms with Crippen LogP contribution in [0.15, 0.2) is 18.4 Å². The highest BCUT2D eigenvalue weighted by atomic mass is 16.6. The second kappa shape index (κ2) is 5.91. The van der Waals surface area contributed by atoms with Crippen LogP contribution in [0.4, 0.5) is 0 Å². The Balaban J connectivity index is 1.88. The number of aliphatic hydroxyl groups is 2. The molecule has 4 rings (SSSR count). The molecular formula is C16H17N5O5. The van der Waals surface area contributed by atoms with E-state index in [2.05, 4.69) is 10.1 Å². The normalized spacial score (nSPS) is 31.6. The Hall–Kier alpha value is -2.74. The summed E-state index contributed by atoms with van der Waals surface area (Å²) in [6.45, 7) is -0.589. The topological polar surface area (TPSA) is 157 Å². The van der Waals surface area contributed by atoms with Crippen molar-refractivity contribution in [2.45, 2.75) is 36.8 Å². The molecule has 1 aliphatic carbocycles. The number of aromatic amines is 1. The van der Waals surface area contributed by atoms with Crippen molar-refractivity contribution in [1.29, 1.82) is 10.7 Å². The number of nitrogens with one attached hydrogen (secondary N) is 2. The molecular weight excluding hydrogens is 342 g/mol. The maximum Gasteiger partial charge on any atom is 0.309 e. The lowest BCUT2D eigenvalue weighted by Crippen LogP contribution is -2.44. The fourth-order valence-corrected chi connectivity index (χ4v) is 3.18. The van der Waals surface area contributed by atoms with Gasteiger partial charge < -0.3 is 19.7 Å². The Bertz CT molecular complexity index is 1010. The highest BCUT2D eigenvalue weighted by Gasteiger charge is 2.60. The summed E-state index contributed by atoms with van der Waals surface area (Å²) in [5.41, 5.74) is -1.99. The number of ether oxygens (including phenoxy) is 2. The molecule has 1 saturated heterocycles. The highest BCUT2D eigenvalue weighted by molar-refractivity contribution is 5.75. The molecule has 10 heteroatoms. The van der Waals surface area contributed by atoms with Gasteiger partial charge in [0.1, 0.15) is 30.1 Å². The number of hydrogen-bond acceptors (Lipinski definition) is 8. The second-order valence-corrected chi connectivity index (χ2v) is 6.40. The van der Waals surface area contributed by atoms with E-state index in [-0.39, 0.29) is 28.7 Å². The van der Waals surface area contributed by atoms with Crippen molar-refractivity contribution in [3.8, 4) is 6.07 Å². The lowest BCUT2D eigenvalue weighted by Gasteiger charge is -2.27. The van der Waals surface area contributed by atoms with E-state index in [4.69, 9.17) is 16.3 Å². The summed E-state index contributed by atoms with van der Waals surface area (Å²) in [5, 5.41) is 40.6. The fraction of sp³-hybridized carbons (Fsp3) is 0.500. The summed E-state index contributed by atoms with van der Waals surface area (Å²) in [6.07, 6.45) is -1.42. The van der Waals surface area contributed by atoms with Crippen LogP contribution in [-0.2, 0) is 19.9 Å². The third kappa shape index (κ3) is 2.33. The van der Waals surface area contributed by atoms with Gasteiger partial charge in [-0.05, 0) is 25.0 Å². The van der Waals surface area contributed by atoms with Gasteiger partial charge in [-0.25, -0.2) is 4.98 Å². The summed E-state index contributed by atoms with van der Waals surface area (Å²) in [5.74, 6) is -0.812. The first-order chi connectivity index (χ1) is 12.9. The molecule has 0 unspecified atom stereocenters. The lowest BCUT2D eigenvalue weighted by molar-refractivity contribution is -0.161. The molecule has 136 valence electrons. The largest absolute Gasteiger partial charge is 0.455 e. The molecule has 0 spiro atoms. The van der Waals surface area contributed by atoms with Crippen molar-refractivity contribution in [3.05, 3.63) is 29.6 Å². The van der Waals surface area contributed by atoms with E-state index in [9.17, 15) is 20.3 Å². The second-order valence-electron chi connectivity index (χ2n) is 6.40. The van der Waals surface area contributed by atoms with Crippen molar-refractivity contribution >= 4 is 11.5 Å². The van der Waals surface area contributed by atoms with Gasteiger partial charge in [-0.15, -0.1) is 0 Å². The number of rotatable bonds is 4. The van der Waals surface area contributed by atoms with Crippen LogP contribution in [0.3, 0.4) is 0 Å². The summed E-state index contributed by atoms with van der Waals surface area (Å²) in [7, 11) is 0. The zero-order valence-electron chi connectivity index (χ0n) is 14.5. The molecule has 2 aliphatic rings. The van der Waals surface area contributed by atoms with Gasteiger partial charge in [-0.2, -0.15) is 5.26 Å². The van der Waals surface area contributed by atoms with Crippen LogP contribution >= 0.6 is 0 Å². The molecule has 2 aromatic heterocycles. The number of hydrogen-bond donors (Lipinski definition) is 4. The third-order valence-corrected chi connectivity index (χ3v) is 4.72. The minimum atomic E-state index is -1.97.